The van der Waals surface area contributed by atoms with Gasteiger partial charge in [-0.1, -0.05) is 25.7 Å². The molecule has 0 aliphatic carbocycles. The van der Waals surface area contributed by atoms with Crippen LogP contribution in [0.15, 0.2) is 0 Å². The molecule has 0 spiro atoms. The first-order chi connectivity index (χ1) is 27.0. The zero-order valence-corrected chi connectivity index (χ0v) is 39.6. The van der Waals surface area contributed by atoms with Crippen molar-refractivity contribution in [2.75, 3.05) is 106 Å². The van der Waals surface area contributed by atoms with E-state index in [-0.39, 0.29) is 48.1 Å². The van der Waals surface area contributed by atoms with E-state index in [1.807, 2.05) is 83.1 Å². The largest absolute Gasteiger partial charge is 4.00 e. The van der Waals surface area contributed by atoms with Crippen molar-refractivity contribution in [1.82, 2.24) is 0 Å². The maximum Gasteiger partial charge on any atom is 4.00 e. The van der Waals surface area contributed by atoms with Crippen molar-refractivity contribution >= 4 is 0 Å². The van der Waals surface area contributed by atoms with Gasteiger partial charge >= 0.3 is 21.7 Å². The molecule has 0 saturated carbocycles. The standard InChI is InChI=1S/4C10H21O4.Ti/c4*1-4-12-10(13-5-2,14-6-3)8-7-9-11;/h4*4-9H2,1-3H3;/q4*-1;+4. The third-order valence-electron chi connectivity index (χ3n) is 6.88. The van der Waals surface area contributed by atoms with Crippen LogP contribution in [0.1, 0.15) is 134 Å². The average Bonchev–Trinajstić information content (AvgIpc) is 3.17. The fourth-order valence-corrected chi connectivity index (χ4v) is 5.16. The van der Waals surface area contributed by atoms with Crippen LogP contribution < -0.4 is 20.4 Å². The molecule has 344 valence electrons. The first-order valence-corrected chi connectivity index (χ1v) is 21.0. The van der Waals surface area contributed by atoms with Crippen LogP contribution in [0.4, 0.5) is 0 Å². The molecule has 17 heteroatoms. The van der Waals surface area contributed by atoms with Gasteiger partial charge in [-0.3, -0.25) is 0 Å². The number of hydrogen-bond donors (Lipinski definition) is 0. The SMILES string of the molecule is CCOC(CCC[O-])(OCC)OCC.CCOC(CCC[O-])(OCC)OCC.CCOC(CCC[O-])(OCC)OCC.CCOC(CCC[O-])(OCC)OCC.[Ti+4]. The quantitative estimate of drug-likeness (QED) is 0.0653. The molecule has 0 aliphatic rings. The molecule has 0 radical (unpaired) electrons. The van der Waals surface area contributed by atoms with Crippen molar-refractivity contribution in [2.45, 2.75) is 158 Å². The van der Waals surface area contributed by atoms with Gasteiger partial charge in [0.1, 0.15) is 0 Å². The Morgan fingerprint density at radius 3 is 0.421 bits per heavy atom. The first kappa shape index (κ1) is 66.2. The zero-order valence-electron chi connectivity index (χ0n) is 38.0. The summed E-state index contributed by atoms with van der Waals surface area (Å²) in [6.45, 7) is 28.2. The van der Waals surface area contributed by atoms with E-state index in [9.17, 15) is 20.4 Å². The number of ether oxygens (including phenoxy) is 12. The number of hydrogen-bond acceptors (Lipinski definition) is 16. The van der Waals surface area contributed by atoms with Gasteiger partial charge in [-0.05, 0) is 83.1 Å². The molecule has 0 aromatic rings. The van der Waals surface area contributed by atoms with Crippen LogP contribution in [0.25, 0.3) is 0 Å². The topological polar surface area (TPSA) is 203 Å². The van der Waals surface area contributed by atoms with Crippen LogP contribution in [0.2, 0.25) is 0 Å². The van der Waals surface area contributed by atoms with Gasteiger partial charge in [0.25, 0.3) is 23.9 Å². The third-order valence-corrected chi connectivity index (χ3v) is 6.88. The van der Waals surface area contributed by atoms with Crippen molar-refractivity contribution in [3.05, 3.63) is 0 Å². The Morgan fingerprint density at radius 2 is 0.351 bits per heavy atom. The van der Waals surface area contributed by atoms with Gasteiger partial charge < -0.3 is 77.3 Å². The van der Waals surface area contributed by atoms with Gasteiger partial charge in [0.2, 0.25) is 0 Å². The Hall–Kier alpha value is 0.0743. The van der Waals surface area contributed by atoms with Crippen LogP contribution in [-0.4, -0.2) is 130 Å². The molecule has 0 N–H and O–H groups in total. The van der Waals surface area contributed by atoms with E-state index in [1.54, 1.807) is 0 Å². The van der Waals surface area contributed by atoms with Crippen molar-refractivity contribution in [3.63, 3.8) is 0 Å². The maximum atomic E-state index is 10.4. The fraction of sp³-hybridized carbons (Fsp3) is 1.00. The summed E-state index contributed by atoms with van der Waals surface area (Å²) in [5.74, 6) is -3.99. The molecule has 57 heavy (non-hydrogen) atoms. The van der Waals surface area contributed by atoms with E-state index in [2.05, 4.69) is 0 Å². The molecule has 0 amide bonds. The van der Waals surface area contributed by atoms with Crippen molar-refractivity contribution in [1.29, 1.82) is 0 Å². The van der Waals surface area contributed by atoms with E-state index < -0.39 is 23.9 Å². The second-order valence-corrected chi connectivity index (χ2v) is 11.2. The van der Waals surface area contributed by atoms with Gasteiger partial charge in [-0.25, -0.2) is 0 Å². The Kier molecular flexibility index (Phi) is 54.7. The summed E-state index contributed by atoms with van der Waals surface area (Å²) in [4.78, 5) is 0. The Labute approximate surface area is 362 Å². The minimum absolute atomic E-state index is 0. The van der Waals surface area contributed by atoms with Gasteiger partial charge in [-0.15, -0.1) is 26.4 Å². The van der Waals surface area contributed by atoms with Crippen LogP contribution >= 0.6 is 0 Å². The van der Waals surface area contributed by atoms with E-state index >= 15 is 0 Å². The van der Waals surface area contributed by atoms with Crippen LogP contribution in [-0.2, 0) is 78.6 Å². The van der Waals surface area contributed by atoms with Gasteiger partial charge in [-0.2, -0.15) is 0 Å². The Bertz CT molecular complexity index is 568. The smallest absolute Gasteiger partial charge is 0.854 e. The van der Waals surface area contributed by atoms with Gasteiger partial charge in [0, 0.05) is 105 Å². The second-order valence-electron chi connectivity index (χ2n) is 11.2. The molecule has 0 bridgehead atoms. The number of rotatable bonds is 36. The molecular weight excluding hydrogens is 784 g/mol. The van der Waals surface area contributed by atoms with E-state index in [0.717, 1.165) is 0 Å². The summed E-state index contributed by atoms with van der Waals surface area (Å²) in [7, 11) is 0. The molecule has 0 aromatic heterocycles. The van der Waals surface area contributed by atoms with E-state index in [4.69, 9.17) is 56.8 Å². The molecule has 0 fully saturated rings. The molecule has 0 heterocycles. The first-order valence-electron chi connectivity index (χ1n) is 21.0. The summed E-state index contributed by atoms with van der Waals surface area (Å²) in [5, 5.41) is 41.7. The maximum absolute atomic E-state index is 10.4. The van der Waals surface area contributed by atoms with Crippen LogP contribution in [0.5, 0.6) is 0 Å². The van der Waals surface area contributed by atoms with Gasteiger partial charge in [0.15, 0.2) is 0 Å². The van der Waals surface area contributed by atoms with E-state index in [1.165, 1.54) is 0 Å². The monoisotopic (exact) mass is 869 g/mol. The predicted molar refractivity (Wildman–Crippen MR) is 207 cm³/mol. The molecule has 0 rings (SSSR count). The summed E-state index contributed by atoms with van der Waals surface area (Å²) in [6, 6.07) is 0. The molecule has 0 saturated heterocycles. The molecule has 0 aliphatic heterocycles. The molecular formula is C40H84O16Ti. The predicted octanol–water partition coefficient (Wildman–Crippen LogP) is 3.56. The minimum Gasteiger partial charge on any atom is -0.854 e. The Balaban J connectivity index is -0.000000210. The zero-order chi connectivity index (χ0) is 43.5. The average molecular weight is 869 g/mol. The fourth-order valence-electron chi connectivity index (χ4n) is 5.16. The normalized spacial score (nSPS) is 11.8. The van der Waals surface area contributed by atoms with Crippen molar-refractivity contribution in [3.8, 4) is 0 Å². The van der Waals surface area contributed by atoms with Crippen LogP contribution in [0.3, 0.4) is 0 Å². The summed E-state index contributed by atoms with van der Waals surface area (Å²) >= 11 is 0. The summed E-state index contributed by atoms with van der Waals surface area (Å²) in [5.41, 5.74) is 0. The van der Waals surface area contributed by atoms with Crippen molar-refractivity contribution in [2.24, 2.45) is 0 Å². The summed E-state index contributed by atoms with van der Waals surface area (Å²) < 4.78 is 65.2. The van der Waals surface area contributed by atoms with E-state index in [0.29, 0.717) is 131 Å². The molecule has 0 unspecified atom stereocenters. The van der Waals surface area contributed by atoms with Crippen molar-refractivity contribution < 1.29 is 99.0 Å². The van der Waals surface area contributed by atoms with Crippen LogP contribution in [0, 0.1) is 0 Å². The molecule has 0 aromatic carbocycles. The second kappa shape index (κ2) is 47.1. The third kappa shape index (κ3) is 35.4. The summed E-state index contributed by atoms with van der Waals surface area (Å²) in [6.07, 6.45) is 3.97. The molecule has 16 nitrogen and oxygen atoms in total. The van der Waals surface area contributed by atoms with Gasteiger partial charge in [0.05, 0.1) is 0 Å². The minimum atomic E-state index is -0.997. The molecule has 0 atom stereocenters. The Morgan fingerprint density at radius 1 is 0.246 bits per heavy atom.